The highest BCUT2D eigenvalue weighted by Gasteiger charge is 2.23. The van der Waals surface area contributed by atoms with E-state index >= 15 is 0 Å². The summed E-state index contributed by atoms with van der Waals surface area (Å²) < 4.78 is 7.09. The fourth-order valence-corrected chi connectivity index (χ4v) is 1.99. The second-order valence-electron chi connectivity index (χ2n) is 5.26. The van der Waals surface area contributed by atoms with Crippen LogP contribution in [-0.4, -0.2) is 15.4 Å². The highest BCUT2D eigenvalue weighted by Crippen LogP contribution is 2.28. The van der Waals surface area contributed by atoms with Gasteiger partial charge in [0.25, 0.3) is 0 Å². The van der Waals surface area contributed by atoms with Crippen LogP contribution in [-0.2, 0) is 11.3 Å². The second-order valence-corrected chi connectivity index (χ2v) is 10.4. The van der Waals surface area contributed by atoms with Gasteiger partial charge in [-0.1, -0.05) is 39.1 Å². The highest BCUT2D eigenvalue weighted by molar-refractivity contribution is 14.1. The van der Waals surface area contributed by atoms with Crippen LogP contribution in [0.25, 0.3) is 0 Å². The van der Waals surface area contributed by atoms with Crippen molar-refractivity contribution in [2.24, 2.45) is 0 Å². The quantitative estimate of drug-likeness (QED) is 0.576. The van der Waals surface area contributed by atoms with Crippen molar-refractivity contribution in [3.8, 4) is 0 Å². The molecule has 0 aliphatic heterocycles. The van der Waals surface area contributed by atoms with Crippen LogP contribution in [0.2, 0.25) is 18.1 Å². The van der Waals surface area contributed by atoms with Gasteiger partial charge in [0.2, 0.25) is 0 Å². The van der Waals surface area contributed by atoms with Crippen molar-refractivity contribution < 1.29 is 4.74 Å². The van der Waals surface area contributed by atoms with Gasteiger partial charge in [-0.25, -0.2) is 0 Å². The Kier molecular flexibility index (Phi) is 5.47. The Bertz CT molecular complexity index is 319. The first-order chi connectivity index (χ1) is 7.42. The summed E-state index contributed by atoms with van der Waals surface area (Å²) in [6.45, 7) is 11.0. The number of benzene rings is 1. The average molecular weight is 348 g/mol. The molecule has 0 aromatic heterocycles. The van der Waals surface area contributed by atoms with Gasteiger partial charge in [-0.2, -0.15) is 0 Å². The zero-order chi connectivity index (χ0) is 12.2. The zero-order valence-electron chi connectivity index (χ0n) is 10.6. The molecule has 1 rings (SSSR count). The maximum Gasteiger partial charge on any atom is 0.0716 e. The lowest BCUT2D eigenvalue weighted by atomic mass is 10.2. The smallest absolute Gasteiger partial charge is 0.0716 e. The Labute approximate surface area is 114 Å². The van der Waals surface area contributed by atoms with E-state index in [0.717, 1.165) is 13.2 Å². The molecule has 0 bridgehead atoms. The largest absolute Gasteiger partial charge is 0.377 e. The van der Waals surface area contributed by atoms with E-state index in [0.29, 0.717) is 5.04 Å². The first kappa shape index (κ1) is 14.2. The van der Waals surface area contributed by atoms with E-state index in [1.165, 1.54) is 9.13 Å². The minimum absolute atomic E-state index is 0.392. The van der Waals surface area contributed by atoms with E-state index in [9.17, 15) is 0 Å². The third kappa shape index (κ3) is 4.55. The van der Waals surface area contributed by atoms with Gasteiger partial charge in [-0.05, 0) is 45.3 Å². The number of rotatable bonds is 5. The molecule has 0 amide bonds. The molecule has 16 heavy (non-hydrogen) atoms. The van der Waals surface area contributed by atoms with Crippen LogP contribution < -0.4 is 0 Å². The van der Waals surface area contributed by atoms with E-state index in [1.54, 1.807) is 0 Å². The minimum Gasteiger partial charge on any atom is -0.377 e. The summed E-state index contributed by atoms with van der Waals surface area (Å²) in [6.07, 6.45) is 0. The van der Waals surface area contributed by atoms with Gasteiger partial charge in [0.05, 0.1) is 6.61 Å². The van der Waals surface area contributed by atoms with Crippen molar-refractivity contribution in [2.45, 2.75) is 38.6 Å². The van der Waals surface area contributed by atoms with Crippen molar-refractivity contribution in [3.63, 3.8) is 0 Å². The molecular formula is C13H21IOSi. The van der Waals surface area contributed by atoms with Crippen LogP contribution in [0.3, 0.4) is 0 Å². The average Bonchev–Trinajstić information content (AvgIpc) is 2.20. The summed E-state index contributed by atoms with van der Waals surface area (Å²) in [5.74, 6) is 0. The fraction of sp³-hybridized carbons (Fsp3) is 0.538. The Hall–Kier alpha value is 0.127. The van der Waals surface area contributed by atoms with E-state index in [-0.39, 0.29) is 0 Å². The molecule has 0 aliphatic rings. The Morgan fingerprint density at radius 2 is 1.75 bits per heavy atom. The van der Waals surface area contributed by atoms with Crippen LogP contribution >= 0.6 is 22.6 Å². The zero-order valence-corrected chi connectivity index (χ0v) is 13.9. The van der Waals surface area contributed by atoms with Gasteiger partial charge < -0.3 is 4.74 Å². The van der Waals surface area contributed by atoms with Crippen molar-refractivity contribution in [1.29, 1.82) is 0 Å². The third-order valence-corrected chi connectivity index (χ3v) is 7.23. The Morgan fingerprint density at radius 3 is 2.25 bits per heavy atom. The van der Waals surface area contributed by atoms with Crippen LogP contribution in [0.15, 0.2) is 24.3 Å². The van der Waals surface area contributed by atoms with Crippen LogP contribution in [0, 0.1) is 3.57 Å². The Morgan fingerprint density at radius 1 is 1.19 bits per heavy atom. The number of hydrogen-bond acceptors (Lipinski definition) is 1. The van der Waals surface area contributed by atoms with Gasteiger partial charge in [0.15, 0.2) is 0 Å². The molecule has 0 aliphatic carbocycles. The van der Waals surface area contributed by atoms with E-state index in [2.05, 4.69) is 73.8 Å². The van der Waals surface area contributed by atoms with Crippen molar-refractivity contribution in [3.05, 3.63) is 33.4 Å². The molecule has 1 aromatic carbocycles. The number of ether oxygens (including phenoxy) is 1. The molecule has 3 heteroatoms. The van der Waals surface area contributed by atoms with E-state index < -0.39 is 8.80 Å². The standard InChI is InChI=1S/C13H21IOSi/c1-13(2,16(3)4)10-15-9-11-5-7-12(14)8-6-11/h5-8,16H,9-10H2,1-4H3. The maximum atomic E-state index is 5.82. The maximum absolute atomic E-state index is 5.82. The lowest BCUT2D eigenvalue weighted by Crippen LogP contribution is -2.26. The van der Waals surface area contributed by atoms with Gasteiger partial charge in [0.1, 0.15) is 0 Å². The second kappa shape index (κ2) is 6.17. The van der Waals surface area contributed by atoms with Crippen LogP contribution in [0.5, 0.6) is 0 Å². The topological polar surface area (TPSA) is 9.23 Å². The summed E-state index contributed by atoms with van der Waals surface area (Å²) in [5, 5.41) is 0.392. The van der Waals surface area contributed by atoms with E-state index in [1.807, 2.05) is 0 Å². The molecule has 0 saturated carbocycles. The molecule has 0 spiro atoms. The molecule has 0 N–H and O–H groups in total. The molecule has 1 aromatic rings. The summed E-state index contributed by atoms with van der Waals surface area (Å²) in [4.78, 5) is 0. The molecule has 0 heterocycles. The van der Waals surface area contributed by atoms with Crippen molar-refractivity contribution in [1.82, 2.24) is 0 Å². The first-order valence-electron chi connectivity index (χ1n) is 5.74. The first-order valence-corrected chi connectivity index (χ1v) is 9.70. The molecular weight excluding hydrogens is 327 g/mol. The molecule has 90 valence electrons. The minimum atomic E-state index is -0.639. The fourth-order valence-electron chi connectivity index (χ4n) is 1.18. The Balaban J connectivity index is 2.39. The number of hydrogen-bond donors (Lipinski definition) is 0. The van der Waals surface area contributed by atoms with Crippen molar-refractivity contribution in [2.75, 3.05) is 6.61 Å². The lowest BCUT2D eigenvalue weighted by Gasteiger charge is -2.27. The number of halogens is 1. The molecule has 0 fully saturated rings. The third-order valence-electron chi connectivity index (χ3n) is 3.22. The highest BCUT2D eigenvalue weighted by atomic mass is 127. The summed E-state index contributed by atoms with van der Waals surface area (Å²) in [7, 11) is -0.639. The van der Waals surface area contributed by atoms with Gasteiger partial charge in [0, 0.05) is 19.0 Å². The molecule has 0 radical (unpaired) electrons. The molecule has 0 unspecified atom stereocenters. The molecule has 1 nitrogen and oxygen atoms in total. The predicted octanol–water partition coefficient (Wildman–Crippen LogP) is 4.07. The predicted molar refractivity (Wildman–Crippen MR) is 81.7 cm³/mol. The van der Waals surface area contributed by atoms with Crippen molar-refractivity contribution >= 4 is 31.4 Å². The SMILES string of the molecule is C[SiH](C)C(C)(C)COCc1ccc(I)cc1. The summed E-state index contributed by atoms with van der Waals surface area (Å²) in [5.41, 5.74) is 1.27. The lowest BCUT2D eigenvalue weighted by molar-refractivity contribution is 0.101. The summed E-state index contributed by atoms with van der Waals surface area (Å²) >= 11 is 2.32. The van der Waals surface area contributed by atoms with Gasteiger partial charge in [-0.3, -0.25) is 0 Å². The van der Waals surface area contributed by atoms with Gasteiger partial charge in [-0.15, -0.1) is 0 Å². The van der Waals surface area contributed by atoms with Crippen LogP contribution in [0.1, 0.15) is 19.4 Å². The molecule has 0 atom stereocenters. The molecule has 0 saturated heterocycles. The normalized spacial score (nSPS) is 12.1. The summed E-state index contributed by atoms with van der Waals surface area (Å²) in [6, 6.07) is 8.53. The van der Waals surface area contributed by atoms with Gasteiger partial charge >= 0.3 is 0 Å². The van der Waals surface area contributed by atoms with E-state index in [4.69, 9.17) is 4.74 Å². The van der Waals surface area contributed by atoms with Crippen LogP contribution in [0.4, 0.5) is 0 Å². The monoisotopic (exact) mass is 348 g/mol.